The Morgan fingerprint density at radius 2 is 1.79 bits per heavy atom. The van der Waals surface area contributed by atoms with Crippen molar-refractivity contribution in [3.05, 3.63) is 59.1 Å². The van der Waals surface area contributed by atoms with Crippen LogP contribution in [0.1, 0.15) is 18.4 Å². The van der Waals surface area contributed by atoms with E-state index >= 15 is 0 Å². The molecule has 2 heterocycles. The molecule has 0 aromatic heterocycles. The van der Waals surface area contributed by atoms with Crippen LogP contribution in [0.5, 0.6) is 0 Å². The molecular formula is C24H31ClN4O3S. The minimum absolute atomic E-state index is 0.115. The number of anilines is 2. The highest BCUT2D eigenvalue weighted by Crippen LogP contribution is 2.25. The molecule has 1 N–H and O–H groups in total. The van der Waals surface area contributed by atoms with E-state index in [1.54, 1.807) is 24.3 Å². The van der Waals surface area contributed by atoms with Gasteiger partial charge in [0, 0.05) is 55.7 Å². The lowest BCUT2D eigenvalue weighted by atomic mass is 9.98. The zero-order chi connectivity index (χ0) is 23.4. The largest absolute Gasteiger partial charge is 0.369 e. The minimum atomic E-state index is -3.53. The van der Waals surface area contributed by atoms with Gasteiger partial charge in [-0.05, 0) is 61.9 Å². The van der Waals surface area contributed by atoms with E-state index in [9.17, 15) is 13.2 Å². The number of amides is 1. The van der Waals surface area contributed by atoms with Crippen LogP contribution < -0.4 is 10.2 Å². The molecule has 0 aliphatic carbocycles. The third-order valence-electron chi connectivity index (χ3n) is 6.39. The van der Waals surface area contributed by atoms with Crippen LogP contribution in [0.3, 0.4) is 0 Å². The molecule has 178 valence electrons. The Bertz CT molecular complexity index is 1070. The summed E-state index contributed by atoms with van der Waals surface area (Å²) in [5, 5.41) is 3.48. The Morgan fingerprint density at radius 1 is 1.06 bits per heavy atom. The van der Waals surface area contributed by atoms with Crippen molar-refractivity contribution < 1.29 is 13.2 Å². The van der Waals surface area contributed by atoms with Gasteiger partial charge < -0.3 is 15.1 Å². The summed E-state index contributed by atoms with van der Waals surface area (Å²) in [4.78, 5) is 17.6. The number of carbonyl (C=O) groups is 1. The van der Waals surface area contributed by atoms with Gasteiger partial charge in [0.2, 0.25) is 15.9 Å². The quantitative estimate of drug-likeness (QED) is 0.672. The maximum absolute atomic E-state index is 12.9. The zero-order valence-electron chi connectivity index (χ0n) is 18.9. The third-order valence-corrected chi connectivity index (χ3v) is 8.44. The van der Waals surface area contributed by atoms with Gasteiger partial charge in [-0.3, -0.25) is 4.79 Å². The van der Waals surface area contributed by atoms with Gasteiger partial charge in [0.25, 0.3) is 0 Å². The second-order valence-corrected chi connectivity index (χ2v) is 11.3. The topological polar surface area (TPSA) is 73.0 Å². The minimum Gasteiger partial charge on any atom is -0.369 e. The molecule has 1 amide bonds. The fourth-order valence-electron chi connectivity index (χ4n) is 4.40. The van der Waals surface area contributed by atoms with Crippen molar-refractivity contribution in [3.8, 4) is 0 Å². The molecule has 2 aromatic rings. The highest BCUT2D eigenvalue weighted by molar-refractivity contribution is 7.88. The van der Waals surface area contributed by atoms with Crippen LogP contribution in [0.4, 0.5) is 11.4 Å². The van der Waals surface area contributed by atoms with E-state index in [2.05, 4.69) is 22.2 Å². The lowest BCUT2D eigenvalue weighted by Gasteiger charge is -2.34. The number of hydrogen-bond acceptors (Lipinski definition) is 5. The van der Waals surface area contributed by atoms with Crippen LogP contribution in [0.25, 0.3) is 0 Å². The van der Waals surface area contributed by atoms with Crippen LogP contribution in [0.15, 0.2) is 48.5 Å². The van der Waals surface area contributed by atoms with E-state index in [0.717, 1.165) is 37.6 Å². The summed E-state index contributed by atoms with van der Waals surface area (Å²) in [6, 6.07) is 14.8. The van der Waals surface area contributed by atoms with Crippen molar-refractivity contribution >= 4 is 38.9 Å². The Hall–Kier alpha value is -2.13. The first-order valence-corrected chi connectivity index (χ1v) is 13.4. The summed E-state index contributed by atoms with van der Waals surface area (Å²) >= 11 is 5.99. The summed E-state index contributed by atoms with van der Waals surface area (Å²) < 4.78 is 27.3. The molecule has 2 aromatic carbocycles. The predicted molar refractivity (Wildman–Crippen MR) is 133 cm³/mol. The van der Waals surface area contributed by atoms with E-state index in [1.807, 2.05) is 24.3 Å². The number of nitrogens with zero attached hydrogens (tertiary/aromatic N) is 3. The molecule has 9 heteroatoms. The molecular weight excluding hydrogens is 460 g/mol. The van der Waals surface area contributed by atoms with Gasteiger partial charge in [-0.15, -0.1) is 0 Å². The summed E-state index contributed by atoms with van der Waals surface area (Å²) in [5.41, 5.74) is 2.53. The number of piperidine rings is 1. The monoisotopic (exact) mass is 490 g/mol. The lowest BCUT2D eigenvalue weighted by Crippen LogP contribution is -2.44. The van der Waals surface area contributed by atoms with Gasteiger partial charge in [0.15, 0.2) is 0 Å². The number of nitrogens with one attached hydrogen (secondary N) is 1. The average molecular weight is 491 g/mol. The zero-order valence-corrected chi connectivity index (χ0v) is 20.5. The van der Waals surface area contributed by atoms with E-state index in [1.165, 1.54) is 4.31 Å². The highest BCUT2D eigenvalue weighted by atomic mass is 35.5. The molecule has 2 aliphatic rings. The molecule has 0 saturated carbocycles. The molecule has 0 spiro atoms. The first-order valence-electron chi connectivity index (χ1n) is 11.4. The van der Waals surface area contributed by atoms with Gasteiger partial charge in [0.1, 0.15) is 0 Å². The van der Waals surface area contributed by atoms with Crippen molar-refractivity contribution in [2.75, 3.05) is 56.5 Å². The Labute approximate surface area is 201 Å². The smallest absolute Gasteiger partial charge is 0.228 e. The molecule has 33 heavy (non-hydrogen) atoms. The predicted octanol–water partition coefficient (Wildman–Crippen LogP) is 3.27. The SMILES string of the molecule is CN1CCN(c2ccc(NC(=O)C3CCCN(S(=O)(=O)Cc4cccc(Cl)c4)C3)cc2)CC1. The maximum Gasteiger partial charge on any atom is 0.228 e. The van der Waals surface area contributed by atoms with Gasteiger partial charge in [0.05, 0.1) is 11.7 Å². The fraction of sp³-hybridized carbons (Fsp3) is 0.458. The number of carbonyl (C=O) groups excluding carboxylic acids is 1. The molecule has 4 rings (SSSR count). The molecule has 1 unspecified atom stereocenters. The highest BCUT2D eigenvalue weighted by Gasteiger charge is 2.32. The molecule has 7 nitrogen and oxygen atoms in total. The van der Waals surface area contributed by atoms with Crippen LogP contribution >= 0.6 is 11.6 Å². The number of hydrogen-bond donors (Lipinski definition) is 1. The molecule has 1 atom stereocenters. The van der Waals surface area contributed by atoms with Crippen LogP contribution in [0.2, 0.25) is 5.02 Å². The van der Waals surface area contributed by atoms with Crippen molar-refractivity contribution in [2.24, 2.45) is 5.92 Å². The summed E-state index contributed by atoms with van der Waals surface area (Å²) in [6.07, 6.45) is 1.34. The standard InChI is InChI=1S/C24H31ClN4O3S/c1-27-12-14-28(15-13-27)23-9-7-22(8-10-23)26-24(30)20-5-3-11-29(17-20)33(31,32)18-19-4-2-6-21(25)16-19/h2,4,6-10,16,20H,3,5,11-15,17-18H2,1H3,(H,26,30). The number of halogens is 1. The molecule has 2 saturated heterocycles. The summed E-state index contributed by atoms with van der Waals surface area (Å²) in [6.45, 7) is 4.70. The molecule has 0 bridgehead atoms. The number of sulfonamides is 1. The third kappa shape index (κ3) is 6.26. The van der Waals surface area contributed by atoms with Gasteiger partial charge >= 0.3 is 0 Å². The first kappa shape index (κ1) is 24.0. The van der Waals surface area contributed by atoms with Crippen LogP contribution in [-0.4, -0.2) is 69.8 Å². The van der Waals surface area contributed by atoms with Gasteiger partial charge in [-0.2, -0.15) is 0 Å². The number of likely N-dealkylation sites (N-methyl/N-ethyl adjacent to an activating group) is 1. The Kier molecular flexibility index (Phi) is 7.58. The maximum atomic E-state index is 12.9. The molecule has 2 fully saturated rings. The van der Waals surface area contributed by atoms with E-state index in [0.29, 0.717) is 30.0 Å². The van der Waals surface area contributed by atoms with Crippen molar-refractivity contribution in [1.82, 2.24) is 9.21 Å². The van der Waals surface area contributed by atoms with E-state index in [-0.39, 0.29) is 24.1 Å². The van der Waals surface area contributed by atoms with Gasteiger partial charge in [-0.1, -0.05) is 23.7 Å². The van der Waals surface area contributed by atoms with E-state index in [4.69, 9.17) is 11.6 Å². The van der Waals surface area contributed by atoms with Crippen molar-refractivity contribution in [2.45, 2.75) is 18.6 Å². The second-order valence-electron chi connectivity index (χ2n) is 8.91. The fourth-order valence-corrected chi connectivity index (χ4v) is 6.21. The molecule has 2 aliphatic heterocycles. The number of piperazine rings is 1. The second kappa shape index (κ2) is 10.4. The summed E-state index contributed by atoms with van der Waals surface area (Å²) in [5.74, 6) is -0.620. The molecule has 0 radical (unpaired) electrons. The lowest BCUT2D eigenvalue weighted by molar-refractivity contribution is -0.120. The average Bonchev–Trinajstić information content (AvgIpc) is 2.80. The van der Waals surface area contributed by atoms with E-state index < -0.39 is 10.0 Å². The summed E-state index contributed by atoms with van der Waals surface area (Å²) in [7, 11) is -1.40. The van der Waals surface area contributed by atoms with Crippen molar-refractivity contribution in [1.29, 1.82) is 0 Å². The number of rotatable bonds is 6. The van der Waals surface area contributed by atoms with Gasteiger partial charge in [-0.25, -0.2) is 12.7 Å². The first-order chi connectivity index (χ1) is 15.8. The van der Waals surface area contributed by atoms with Crippen LogP contribution in [0, 0.1) is 5.92 Å². The van der Waals surface area contributed by atoms with Crippen LogP contribution in [-0.2, 0) is 20.6 Å². The number of benzene rings is 2. The normalized spacial score (nSPS) is 20.5. The Morgan fingerprint density at radius 3 is 2.48 bits per heavy atom. The Balaban J connectivity index is 1.34. The van der Waals surface area contributed by atoms with Crippen molar-refractivity contribution in [3.63, 3.8) is 0 Å².